The molecule has 0 spiro atoms. The quantitative estimate of drug-likeness (QED) is 0.521. The molecule has 0 saturated carbocycles. The van der Waals surface area contributed by atoms with Crippen LogP contribution in [0.25, 0.3) is 0 Å². The van der Waals surface area contributed by atoms with Crippen molar-refractivity contribution in [2.75, 3.05) is 32.9 Å². The van der Waals surface area contributed by atoms with Crippen LogP contribution in [0.2, 0.25) is 0 Å². The molecule has 13 heavy (non-hydrogen) atoms. The zero-order valence-corrected chi connectivity index (χ0v) is 9.21. The average molecular weight is 213 g/mol. The minimum atomic E-state index is -3.76. The highest BCUT2D eigenvalue weighted by molar-refractivity contribution is 7.85. The highest BCUT2D eigenvalue weighted by atomic mass is 32.2. The molecule has 0 atom stereocenters. The zero-order chi connectivity index (χ0) is 9.83. The second-order valence-electron chi connectivity index (χ2n) is 3.62. The van der Waals surface area contributed by atoms with Crippen LogP contribution >= 0.6 is 0 Å². The Morgan fingerprint density at radius 1 is 1.31 bits per heavy atom. The van der Waals surface area contributed by atoms with Crippen molar-refractivity contribution in [3.8, 4) is 0 Å². The van der Waals surface area contributed by atoms with Gasteiger partial charge in [-0.05, 0) is 6.92 Å². The lowest BCUT2D eigenvalue weighted by molar-refractivity contribution is -0.888. The normalized spacial score (nSPS) is 12.3. The van der Waals surface area contributed by atoms with E-state index >= 15 is 0 Å². The first-order valence-corrected chi connectivity index (χ1v) is 5.65. The molecule has 0 rings (SSSR count). The van der Waals surface area contributed by atoms with Gasteiger partial charge in [0.1, 0.15) is 0 Å². The van der Waals surface area contributed by atoms with Crippen molar-refractivity contribution in [1.82, 2.24) is 0 Å². The molecule has 82 valence electrons. The highest BCUT2D eigenvalue weighted by Gasteiger charge is 2.13. The van der Waals surface area contributed by atoms with Gasteiger partial charge in [-0.15, -0.1) is 0 Å². The van der Waals surface area contributed by atoms with Gasteiger partial charge >= 0.3 is 0 Å². The summed E-state index contributed by atoms with van der Waals surface area (Å²) in [6.07, 6.45) is 0.514. The molecule has 0 aliphatic carbocycles. The molecular formula is C7H19NO4S. The summed E-state index contributed by atoms with van der Waals surface area (Å²) in [4.78, 5) is 0. The molecule has 0 saturated heterocycles. The van der Waals surface area contributed by atoms with Crippen molar-refractivity contribution < 1.29 is 22.9 Å². The fourth-order valence-corrected chi connectivity index (χ4v) is 1.33. The molecule has 0 fully saturated rings. The molecule has 2 N–H and O–H groups in total. The number of quaternary nitrogens is 1. The Morgan fingerprint density at radius 2 is 1.77 bits per heavy atom. The van der Waals surface area contributed by atoms with E-state index in [2.05, 4.69) is 0 Å². The van der Waals surface area contributed by atoms with Crippen LogP contribution < -0.4 is 0 Å². The van der Waals surface area contributed by atoms with Crippen LogP contribution in [0.5, 0.6) is 0 Å². The third-order valence-electron chi connectivity index (χ3n) is 2.02. The van der Waals surface area contributed by atoms with Gasteiger partial charge in [-0.25, -0.2) is 0 Å². The highest BCUT2D eigenvalue weighted by Crippen LogP contribution is 1.99. The third-order valence-corrected chi connectivity index (χ3v) is 2.83. The molecule has 0 heterocycles. The molecule has 0 bridgehead atoms. The predicted octanol–water partition coefficient (Wildman–Crippen LogP) is 0.184. The smallest absolute Gasteiger partial charge is 0.265 e. The van der Waals surface area contributed by atoms with E-state index in [-0.39, 0.29) is 11.2 Å². The van der Waals surface area contributed by atoms with E-state index in [1.807, 2.05) is 21.0 Å². The fraction of sp³-hybridized carbons (Fsp3) is 1.00. The first-order valence-electron chi connectivity index (χ1n) is 4.04. The Labute approximate surface area is 80.0 Å². The summed E-state index contributed by atoms with van der Waals surface area (Å²) in [5.41, 5.74) is 0. The van der Waals surface area contributed by atoms with Crippen LogP contribution in [0.4, 0.5) is 0 Å². The monoisotopic (exact) mass is 213 g/mol. The molecule has 5 nitrogen and oxygen atoms in total. The van der Waals surface area contributed by atoms with Crippen molar-refractivity contribution in [3.05, 3.63) is 0 Å². The van der Waals surface area contributed by atoms with Gasteiger partial charge in [-0.1, -0.05) is 0 Å². The average Bonchev–Trinajstić information content (AvgIpc) is 1.84. The summed E-state index contributed by atoms with van der Waals surface area (Å²) in [6, 6.07) is 0. The van der Waals surface area contributed by atoms with Crippen molar-refractivity contribution >= 4 is 10.1 Å². The van der Waals surface area contributed by atoms with Crippen molar-refractivity contribution in [3.63, 3.8) is 0 Å². The summed E-state index contributed by atoms with van der Waals surface area (Å²) in [5.74, 6) is -0.130. The minimum Gasteiger partial charge on any atom is -0.870 e. The van der Waals surface area contributed by atoms with Gasteiger partial charge in [-0.2, -0.15) is 8.42 Å². The summed E-state index contributed by atoms with van der Waals surface area (Å²) >= 11 is 0. The Kier molecular flexibility index (Phi) is 6.52. The van der Waals surface area contributed by atoms with E-state index in [0.717, 1.165) is 17.6 Å². The lowest BCUT2D eigenvalue weighted by atomic mass is 10.4. The number of rotatable bonds is 5. The van der Waals surface area contributed by atoms with Gasteiger partial charge in [0.05, 0.1) is 32.9 Å². The van der Waals surface area contributed by atoms with E-state index in [1.165, 1.54) is 0 Å². The van der Waals surface area contributed by atoms with Crippen LogP contribution in [-0.2, 0) is 10.1 Å². The van der Waals surface area contributed by atoms with Crippen LogP contribution in [-0.4, -0.2) is 55.9 Å². The lowest BCUT2D eigenvalue weighted by Crippen LogP contribution is -2.40. The Hall–Kier alpha value is -0.170. The maximum absolute atomic E-state index is 10.4. The van der Waals surface area contributed by atoms with Crippen LogP contribution in [0.3, 0.4) is 0 Å². The molecule has 0 amide bonds. The van der Waals surface area contributed by atoms with E-state index in [0.29, 0.717) is 6.42 Å². The van der Waals surface area contributed by atoms with E-state index in [1.54, 1.807) is 0 Å². The third kappa shape index (κ3) is 9.75. The molecule has 0 radical (unpaired) electrons. The van der Waals surface area contributed by atoms with E-state index in [9.17, 15) is 8.42 Å². The van der Waals surface area contributed by atoms with Crippen LogP contribution in [0, 0.1) is 0 Å². The van der Waals surface area contributed by atoms with Crippen molar-refractivity contribution in [2.24, 2.45) is 0 Å². The first-order chi connectivity index (χ1) is 5.27. The van der Waals surface area contributed by atoms with Gasteiger partial charge in [0.2, 0.25) is 0 Å². The number of hydrogen-bond donors (Lipinski definition) is 1. The molecule has 0 unspecified atom stereocenters. The largest absolute Gasteiger partial charge is 0.870 e. The molecule has 0 aliphatic heterocycles. The summed E-state index contributed by atoms with van der Waals surface area (Å²) in [7, 11) is 0.299. The Morgan fingerprint density at radius 3 is 2.08 bits per heavy atom. The second kappa shape index (κ2) is 5.54. The molecular weight excluding hydrogens is 194 g/mol. The molecule has 0 aliphatic rings. The molecule has 0 aromatic heterocycles. The van der Waals surface area contributed by atoms with E-state index < -0.39 is 10.1 Å². The second-order valence-corrected chi connectivity index (χ2v) is 5.19. The fourth-order valence-electron chi connectivity index (χ4n) is 0.833. The van der Waals surface area contributed by atoms with Gasteiger partial charge in [-0.3, -0.25) is 4.55 Å². The number of hydrogen-bond acceptors (Lipinski definition) is 3. The van der Waals surface area contributed by atoms with Gasteiger partial charge in [0.15, 0.2) is 0 Å². The van der Waals surface area contributed by atoms with E-state index in [4.69, 9.17) is 4.55 Å². The van der Waals surface area contributed by atoms with Gasteiger partial charge in [0, 0.05) is 6.42 Å². The Bertz CT molecular complexity index is 223. The SMILES string of the molecule is CC[N+](C)(C)CCCS(=O)(=O)O.[OH-]. The summed E-state index contributed by atoms with van der Waals surface area (Å²) < 4.78 is 29.9. The lowest BCUT2D eigenvalue weighted by Gasteiger charge is -2.27. The number of nitrogens with zero attached hydrogens (tertiary/aromatic N) is 1. The van der Waals surface area contributed by atoms with Gasteiger partial charge in [0.25, 0.3) is 10.1 Å². The van der Waals surface area contributed by atoms with Crippen molar-refractivity contribution in [2.45, 2.75) is 13.3 Å². The van der Waals surface area contributed by atoms with Crippen LogP contribution in [0.1, 0.15) is 13.3 Å². The standard InChI is InChI=1S/C7H17NO3S.H2O/c1-4-8(2,3)6-5-7-12(9,10)11;/h4-7H2,1-3H3;1H2. The maximum Gasteiger partial charge on any atom is 0.265 e. The summed E-state index contributed by atoms with van der Waals surface area (Å²) in [6.45, 7) is 3.79. The summed E-state index contributed by atoms with van der Waals surface area (Å²) in [5, 5.41) is 0. The first kappa shape index (κ1) is 15.3. The predicted molar refractivity (Wildman–Crippen MR) is 50.5 cm³/mol. The maximum atomic E-state index is 10.4. The van der Waals surface area contributed by atoms with Crippen molar-refractivity contribution in [1.29, 1.82) is 0 Å². The molecule has 0 aromatic rings. The molecule has 0 aromatic carbocycles. The molecule has 6 heteroatoms. The zero-order valence-electron chi connectivity index (χ0n) is 8.39. The Balaban J connectivity index is 0. The van der Waals surface area contributed by atoms with Gasteiger partial charge < -0.3 is 9.96 Å². The minimum absolute atomic E-state index is 0. The topological polar surface area (TPSA) is 84.4 Å². The van der Waals surface area contributed by atoms with Crippen LogP contribution in [0.15, 0.2) is 0 Å².